The summed E-state index contributed by atoms with van der Waals surface area (Å²) in [4.78, 5) is 18.8. The van der Waals surface area contributed by atoms with Crippen molar-refractivity contribution in [2.75, 3.05) is 0 Å². The van der Waals surface area contributed by atoms with E-state index in [1.807, 2.05) is 0 Å². The molecule has 2 rings (SSSR count). The van der Waals surface area contributed by atoms with Crippen molar-refractivity contribution in [2.45, 2.75) is 6.92 Å². The number of rotatable bonds is 2. The van der Waals surface area contributed by atoms with Gasteiger partial charge in [-0.2, -0.15) is 5.10 Å². The molecule has 0 aliphatic heterocycles. The molecule has 0 fully saturated rings. The maximum Gasteiger partial charge on any atom is 0.339 e. The van der Waals surface area contributed by atoms with E-state index in [9.17, 15) is 4.79 Å². The van der Waals surface area contributed by atoms with Crippen molar-refractivity contribution in [3.63, 3.8) is 0 Å². The summed E-state index contributed by atoms with van der Waals surface area (Å²) in [6, 6.07) is 1.64. The Morgan fingerprint density at radius 2 is 2.33 bits per heavy atom. The van der Waals surface area contributed by atoms with Crippen molar-refractivity contribution in [3.05, 3.63) is 36.0 Å². The van der Waals surface area contributed by atoms with Gasteiger partial charge in [0.15, 0.2) is 5.82 Å². The van der Waals surface area contributed by atoms with Crippen LogP contribution in [-0.2, 0) is 0 Å². The molecule has 0 spiro atoms. The SMILES string of the molecule is Cc1ccnc(-n2cncn2)c1C(=O)O. The average molecular weight is 204 g/mol. The molecule has 0 saturated heterocycles. The Morgan fingerprint density at radius 3 is 2.93 bits per heavy atom. The van der Waals surface area contributed by atoms with Crippen molar-refractivity contribution < 1.29 is 9.90 Å². The van der Waals surface area contributed by atoms with E-state index >= 15 is 0 Å². The van der Waals surface area contributed by atoms with Gasteiger partial charge in [-0.15, -0.1) is 0 Å². The van der Waals surface area contributed by atoms with E-state index in [2.05, 4.69) is 15.1 Å². The van der Waals surface area contributed by atoms with Gasteiger partial charge < -0.3 is 5.11 Å². The Bertz CT molecular complexity index is 493. The second kappa shape index (κ2) is 3.49. The van der Waals surface area contributed by atoms with Gasteiger partial charge in [-0.25, -0.2) is 19.4 Å². The Kier molecular flexibility index (Phi) is 2.17. The van der Waals surface area contributed by atoms with Crippen molar-refractivity contribution in [1.29, 1.82) is 0 Å². The van der Waals surface area contributed by atoms with Crippen LogP contribution in [0.15, 0.2) is 24.9 Å². The number of carboxylic acid groups (broad SMARTS) is 1. The van der Waals surface area contributed by atoms with Crippen LogP contribution in [0.3, 0.4) is 0 Å². The molecular formula is C9H8N4O2. The third-order valence-corrected chi connectivity index (χ3v) is 1.99. The number of nitrogens with zero attached hydrogens (tertiary/aromatic N) is 4. The number of carboxylic acids is 1. The molecule has 6 nitrogen and oxygen atoms in total. The molecule has 6 heteroatoms. The third-order valence-electron chi connectivity index (χ3n) is 1.99. The number of aryl methyl sites for hydroxylation is 1. The lowest BCUT2D eigenvalue weighted by molar-refractivity contribution is 0.0695. The molecule has 76 valence electrons. The lowest BCUT2D eigenvalue weighted by Gasteiger charge is -2.06. The van der Waals surface area contributed by atoms with Gasteiger partial charge in [-0.1, -0.05) is 0 Å². The van der Waals surface area contributed by atoms with Crippen molar-refractivity contribution >= 4 is 5.97 Å². The zero-order chi connectivity index (χ0) is 10.8. The first kappa shape index (κ1) is 9.32. The molecule has 0 bridgehead atoms. The minimum absolute atomic E-state index is 0.142. The lowest BCUT2D eigenvalue weighted by atomic mass is 10.1. The average Bonchev–Trinajstić information content (AvgIpc) is 2.69. The molecule has 1 N–H and O–H groups in total. The smallest absolute Gasteiger partial charge is 0.339 e. The predicted molar refractivity (Wildman–Crippen MR) is 50.9 cm³/mol. The van der Waals surface area contributed by atoms with Crippen LogP contribution in [0.25, 0.3) is 5.82 Å². The van der Waals surface area contributed by atoms with Gasteiger partial charge in [0.25, 0.3) is 0 Å². The fourth-order valence-electron chi connectivity index (χ4n) is 1.30. The molecule has 15 heavy (non-hydrogen) atoms. The number of carbonyl (C=O) groups is 1. The number of aromatic carboxylic acids is 1. The second-order valence-corrected chi connectivity index (χ2v) is 2.97. The highest BCUT2D eigenvalue weighted by atomic mass is 16.4. The number of hydrogen-bond acceptors (Lipinski definition) is 4. The van der Waals surface area contributed by atoms with Gasteiger partial charge in [0, 0.05) is 6.20 Å². The zero-order valence-electron chi connectivity index (χ0n) is 7.95. The normalized spacial score (nSPS) is 10.2. The summed E-state index contributed by atoms with van der Waals surface area (Å²) in [5.41, 5.74) is 0.783. The van der Waals surface area contributed by atoms with E-state index in [0.29, 0.717) is 5.56 Å². The monoisotopic (exact) mass is 204 g/mol. The molecular weight excluding hydrogens is 196 g/mol. The highest BCUT2D eigenvalue weighted by molar-refractivity contribution is 5.92. The van der Waals surface area contributed by atoms with Crippen LogP contribution >= 0.6 is 0 Å². The largest absolute Gasteiger partial charge is 0.478 e. The minimum Gasteiger partial charge on any atom is -0.478 e. The van der Waals surface area contributed by atoms with E-state index in [1.54, 1.807) is 19.2 Å². The van der Waals surface area contributed by atoms with E-state index in [0.717, 1.165) is 0 Å². The van der Waals surface area contributed by atoms with Crippen LogP contribution in [0.4, 0.5) is 0 Å². The van der Waals surface area contributed by atoms with E-state index < -0.39 is 5.97 Å². The summed E-state index contributed by atoms with van der Waals surface area (Å²) in [7, 11) is 0. The molecule has 0 unspecified atom stereocenters. The molecule has 0 atom stereocenters. The molecule has 0 aliphatic carbocycles. The highest BCUT2D eigenvalue weighted by Gasteiger charge is 2.15. The van der Waals surface area contributed by atoms with Crippen LogP contribution in [0, 0.1) is 6.92 Å². The molecule has 0 aromatic carbocycles. The van der Waals surface area contributed by atoms with E-state index in [1.165, 1.54) is 17.3 Å². The summed E-state index contributed by atoms with van der Waals surface area (Å²) in [5, 5.41) is 12.9. The van der Waals surface area contributed by atoms with Crippen LogP contribution < -0.4 is 0 Å². The standard InChI is InChI=1S/C9H8N4O2/c1-6-2-3-11-8(7(6)9(14)15)13-5-10-4-12-13/h2-5H,1H3,(H,14,15). The summed E-state index contributed by atoms with van der Waals surface area (Å²) in [5.74, 6) is -0.744. The molecule has 0 amide bonds. The Balaban J connectivity index is 2.66. The molecule has 2 aromatic heterocycles. The summed E-state index contributed by atoms with van der Waals surface area (Å²) < 4.78 is 1.33. The van der Waals surface area contributed by atoms with Gasteiger partial charge in [0.05, 0.1) is 0 Å². The summed E-state index contributed by atoms with van der Waals surface area (Å²) in [6.45, 7) is 1.71. The van der Waals surface area contributed by atoms with Gasteiger partial charge in [-0.05, 0) is 18.6 Å². The van der Waals surface area contributed by atoms with E-state index in [4.69, 9.17) is 5.11 Å². The predicted octanol–water partition coefficient (Wildman–Crippen LogP) is 0.669. The lowest BCUT2D eigenvalue weighted by Crippen LogP contribution is -2.10. The first-order chi connectivity index (χ1) is 7.20. The Labute approximate surface area is 85.2 Å². The quantitative estimate of drug-likeness (QED) is 0.777. The summed E-state index contributed by atoms with van der Waals surface area (Å²) in [6.07, 6.45) is 4.28. The van der Waals surface area contributed by atoms with Crippen LogP contribution in [0.1, 0.15) is 15.9 Å². The second-order valence-electron chi connectivity index (χ2n) is 2.97. The minimum atomic E-state index is -1.02. The van der Waals surface area contributed by atoms with E-state index in [-0.39, 0.29) is 11.4 Å². The fraction of sp³-hybridized carbons (Fsp3) is 0.111. The number of hydrogen-bond donors (Lipinski definition) is 1. The Morgan fingerprint density at radius 1 is 1.53 bits per heavy atom. The van der Waals surface area contributed by atoms with Gasteiger partial charge in [-0.3, -0.25) is 0 Å². The third kappa shape index (κ3) is 1.56. The number of aromatic nitrogens is 4. The number of pyridine rings is 1. The van der Waals surface area contributed by atoms with Gasteiger partial charge in [0.2, 0.25) is 0 Å². The molecule has 0 aliphatic rings. The molecule has 0 saturated carbocycles. The van der Waals surface area contributed by atoms with Gasteiger partial charge >= 0.3 is 5.97 Å². The molecule has 2 aromatic rings. The maximum atomic E-state index is 11.0. The first-order valence-corrected chi connectivity index (χ1v) is 4.24. The van der Waals surface area contributed by atoms with Crippen molar-refractivity contribution in [1.82, 2.24) is 19.7 Å². The highest BCUT2D eigenvalue weighted by Crippen LogP contribution is 2.14. The molecule has 2 heterocycles. The van der Waals surface area contributed by atoms with Crippen molar-refractivity contribution in [3.8, 4) is 5.82 Å². The van der Waals surface area contributed by atoms with Crippen molar-refractivity contribution in [2.24, 2.45) is 0 Å². The van der Waals surface area contributed by atoms with Gasteiger partial charge in [0.1, 0.15) is 18.2 Å². The Hall–Kier alpha value is -2.24. The first-order valence-electron chi connectivity index (χ1n) is 4.24. The van der Waals surface area contributed by atoms with Crippen LogP contribution in [0.5, 0.6) is 0 Å². The zero-order valence-corrected chi connectivity index (χ0v) is 7.95. The van der Waals surface area contributed by atoms with Crippen LogP contribution in [-0.4, -0.2) is 30.8 Å². The summed E-state index contributed by atoms with van der Waals surface area (Å²) >= 11 is 0. The molecule has 0 radical (unpaired) electrons. The maximum absolute atomic E-state index is 11.0. The fourth-order valence-corrected chi connectivity index (χ4v) is 1.30. The topological polar surface area (TPSA) is 80.9 Å². The van der Waals surface area contributed by atoms with Crippen LogP contribution in [0.2, 0.25) is 0 Å².